The number of nitrogens with one attached hydrogen (secondary N) is 1. The van der Waals surface area contributed by atoms with Crippen molar-refractivity contribution in [2.45, 2.75) is 45.7 Å². The lowest BCUT2D eigenvalue weighted by Gasteiger charge is -2.37. The zero-order valence-electron chi connectivity index (χ0n) is 24.0. The van der Waals surface area contributed by atoms with Crippen molar-refractivity contribution in [2.24, 2.45) is 5.92 Å². The molecule has 2 aliphatic rings. The van der Waals surface area contributed by atoms with Gasteiger partial charge in [-0.3, -0.25) is 5.10 Å². The molecule has 14 heteroatoms. The van der Waals surface area contributed by atoms with E-state index in [1.165, 1.54) is 31.5 Å². The number of aliphatic carboxylic acids is 1. The van der Waals surface area contributed by atoms with Gasteiger partial charge in [-0.2, -0.15) is 18.3 Å². The lowest BCUT2D eigenvalue weighted by atomic mass is 9.94. The first kappa shape index (κ1) is 31.6. The van der Waals surface area contributed by atoms with Crippen LogP contribution in [0.3, 0.4) is 0 Å². The molecule has 4 heterocycles. The first-order valence-electron chi connectivity index (χ1n) is 14.1. The van der Waals surface area contributed by atoms with Crippen LogP contribution in [0.5, 0.6) is 5.75 Å². The topological polar surface area (TPSA) is 111 Å². The molecule has 5 rings (SSSR count). The van der Waals surface area contributed by atoms with Gasteiger partial charge < -0.3 is 24.5 Å². The molecule has 0 saturated carbocycles. The van der Waals surface area contributed by atoms with Crippen molar-refractivity contribution >= 4 is 40.1 Å². The van der Waals surface area contributed by atoms with Crippen molar-refractivity contribution in [1.29, 1.82) is 0 Å². The normalized spacial score (nSPS) is 16.8. The zero-order valence-corrected chi connectivity index (χ0v) is 24.8. The fourth-order valence-corrected chi connectivity index (χ4v) is 5.56. The van der Waals surface area contributed by atoms with Crippen molar-refractivity contribution in [3.05, 3.63) is 34.7 Å². The average Bonchev–Trinajstić information content (AvgIpc) is 3.39. The molecule has 2 N–H and O–H groups in total. The van der Waals surface area contributed by atoms with Crippen LogP contribution in [0.1, 0.15) is 37.4 Å². The number of likely N-dealkylation sites (tertiary alicyclic amines) is 1. The third-order valence-electron chi connectivity index (χ3n) is 7.84. The maximum atomic E-state index is 10.6. The van der Waals surface area contributed by atoms with Gasteiger partial charge in [-0.1, -0.05) is 18.5 Å². The maximum Gasteiger partial charge on any atom is 0.490 e. The number of piperidine rings is 1. The Bertz CT molecular complexity index is 1350. The summed E-state index contributed by atoms with van der Waals surface area (Å²) in [6, 6.07) is 4.04. The van der Waals surface area contributed by atoms with Crippen LogP contribution >= 0.6 is 11.6 Å². The van der Waals surface area contributed by atoms with E-state index in [1.54, 1.807) is 6.33 Å². The second-order valence-corrected chi connectivity index (χ2v) is 11.1. The van der Waals surface area contributed by atoms with E-state index in [9.17, 15) is 13.2 Å². The smallest absolute Gasteiger partial charge is 0.490 e. The number of carbonyl (C=O) groups is 1. The molecule has 2 aromatic heterocycles. The van der Waals surface area contributed by atoms with Gasteiger partial charge in [0.2, 0.25) is 0 Å². The molecule has 0 atom stereocenters. The number of nitrogens with zero attached hydrogens (tertiary/aromatic N) is 6. The van der Waals surface area contributed by atoms with Crippen molar-refractivity contribution in [3.8, 4) is 5.75 Å². The SMILES string of the molecule is CCc1[nH]nc2ncnc(N3CCN(c4cc(Cl)cc(OCCC5CCN(C)CC5)c4C)CC3)c12.O=C(O)C(F)(F)F. The molecule has 230 valence electrons. The lowest BCUT2D eigenvalue weighted by Crippen LogP contribution is -2.47. The van der Waals surface area contributed by atoms with E-state index < -0.39 is 12.1 Å². The van der Waals surface area contributed by atoms with Crippen molar-refractivity contribution in [2.75, 3.05) is 62.7 Å². The molecule has 2 aliphatic heterocycles. The van der Waals surface area contributed by atoms with Crippen LogP contribution in [0.2, 0.25) is 5.02 Å². The predicted octanol–water partition coefficient (Wildman–Crippen LogP) is 4.95. The second kappa shape index (κ2) is 13.8. The molecule has 0 spiro atoms. The van der Waals surface area contributed by atoms with Crippen LogP contribution in [0.15, 0.2) is 18.5 Å². The van der Waals surface area contributed by atoms with E-state index >= 15 is 0 Å². The number of aromatic nitrogens is 4. The number of aromatic amines is 1. The van der Waals surface area contributed by atoms with Crippen LogP contribution in [-0.4, -0.2) is 95.2 Å². The van der Waals surface area contributed by atoms with Gasteiger partial charge in [0.25, 0.3) is 0 Å². The third kappa shape index (κ3) is 7.74. The Morgan fingerprint density at radius 3 is 2.38 bits per heavy atom. The largest absolute Gasteiger partial charge is 0.493 e. The minimum atomic E-state index is -5.08. The first-order chi connectivity index (χ1) is 20.0. The molecule has 3 aromatic rings. The van der Waals surface area contributed by atoms with E-state index in [0.717, 1.165) is 90.6 Å². The highest BCUT2D eigenvalue weighted by atomic mass is 35.5. The summed E-state index contributed by atoms with van der Waals surface area (Å²) < 4.78 is 38.0. The van der Waals surface area contributed by atoms with Gasteiger partial charge in [0.1, 0.15) is 17.9 Å². The number of benzene rings is 1. The Morgan fingerprint density at radius 1 is 1.12 bits per heavy atom. The molecule has 42 heavy (non-hydrogen) atoms. The second-order valence-electron chi connectivity index (χ2n) is 10.7. The van der Waals surface area contributed by atoms with Crippen LogP contribution < -0.4 is 14.5 Å². The number of anilines is 2. The highest BCUT2D eigenvalue weighted by molar-refractivity contribution is 6.31. The number of piperazine rings is 1. The highest BCUT2D eigenvalue weighted by Crippen LogP contribution is 2.35. The van der Waals surface area contributed by atoms with Gasteiger partial charge >= 0.3 is 12.1 Å². The van der Waals surface area contributed by atoms with Crippen LogP contribution in [0, 0.1) is 12.8 Å². The van der Waals surface area contributed by atoms with Gasteiger partial charge in [-0.25, -0.2) is 14.8 Å². The van der Waals surface area contributed by atoms with E-state index in [-0.39, 0.29) is 0 Å². The van der Waals surface area contributed by atoms with Gasteiger partial charge in [-0.15, -0.1) is 0 Å². The van der Waals surface area contributed by atoms with Gasteiger partial charge in [0.05, 0.1) is 12.0 Å². The fourth-order valence-electron chi connectivity index (χ4n) is 5.36. The molecule has 2 fully saturated rings. The number of hydrogen-bond acceptors (Lipinski definition) is 8. The molecule has 10 nitrogen and oxygen atoms in total. The molecule has 0 radical (unpaired) electrons. The number of carboxylic acid groups (broad SMARTS) is 1. The Morgan fingerprint density at radius 2 is 1.76 bits per heavy atom. The average molecular weight is 612 g/mol. The number of aryl methyl sites for hydroxylation is 1. The minimum Gasteiger partial charge on any atom is -0.493 e. The standard InChI is InChI=1S/C26H36ClN7O.C2HF3O2/c1-4-21-24-25(31-30-21)28-17-29-26(24)34-12-10-33(11-13-34)22-15-20(27)16-23(18(22)2)35-14-7-19-5-8-32(3)9-6-19;3-2(4,5)1(6)7/h15-17,19H,4-14H2,1-3H3,(H,28,29,30,31);(H,6,7). The number of alkyl halides is 3. The Kier molecular flexibility index (Phi) is 10.4. The van der Waals surface area contributed by atoms with E-state index in [0.29, 0.717) is 0 Å². The molecule has 2 saturated heterocycles. The molecule has 0 amide bonds. The number of rotatable bonds is 7. The number of carboxylic acids is 1. The summed E-state index contributed by atoms with van der Waals surface area (Å²) in [6.07, 6.45) is 1.04. The summed E-state index contributed by atoms with van der Waals surface area (Å²) in [7, 11) is 2.21. The summed E-state index contributed by atoms with van der Waals surface area (Å²) in [4.78, 5) is 25.0. The predicted molar refractivity (Wildman–Crippen MR) is 156 cm³/mol. The van der Waals surface area contributed by atoms with E-state index in [2.05, 4.69) is 61.8 Å². The Hall–Kier alpha value is -3.32. The first-order valence-corrected chi connectivity index (χ1v) is 14.4. The summed E-state index contributed by atoms with van der Waals surface area (Å²) in [5, 5.41) is 16.4. The van der Waals surface area contributed by atoms with Crippen LogP contribution in [0.4, 0.5) is 24.7 Å². The monoisotopic (exact) mass is 611 g/mol. The summed E-state index contributed by atoms with van der Waals surface area (Å²) in [5.74, 6) is -0.116. The molecule has 0 unspecified atom stereocenters. The molecule has 1 aromatic carbocycles. The molecular formula is C28H37ClF3N7O3. The highest BCUT2D eigenvalue weighted by Gasteiger charge is 2.38. The third-order valence-corrected chi connectivity index (χ3v) is 8.06. The Balaban J connectivity index is 0.000000517. The van der Waals surface area contributed by atoms with Crippen molar-refractivity contribution < 1.29 is 27.8 Å². The quantitative estimate of drug-likeness (QED) is 0.383. The fraction of sp³-hybridized carbons (Fsp3) is 0.571. The Labute approximate surface area is 247 Å². The van der Waals surface area contributed by atoms with Crippen molar-refractivity contribution in [1.82, 2.24) is 25.1 Å². The molecular weight excluding hydrogens is 575 g/mol. The van der Waals surface area contributed by atoms with Crippen LogP contribution in [0.25, 0.3) is 11.0 Å². The minimum absolute atomic E-state index is 0.728. The number of H-pyrrole nitrogens is 1. The molecule has 0 aliphatic carbocycles. The lowest BCUT2D eigenvalue weighted by molar-refractivity contribution is -0.192. The van der Waals surface area contributed by atoms with Gasteiger partial charge in [0, 0.05) is 48.1 Å². The number of hydrogen-bond donors (Lipinski definition) is 2. The van der Waals surface area contributed by atoms with Crippen molar-refractivity contribution in [3.63, 3.8) is 0 Å². The maximum absolute atomic E-state index is 10.6. The van der Waals surface area contributed by atoms with Gasteiger partial charge in [-0.05, 0) is 70.8 Å². The zero-order chi connectivity index (χ0) is 30.4. The van der Waals surface area contributed by atoms with Crippen LogP contribution in [-0.2, 0) is 11.2 Å². The van der Waals surface area contributed by atoms with Gasteiger partial charge in [0.15, 0.2) is 5.65 Å². The van der Waals surface area contributed by atoms with E-state index in [4.69, 9.17) is 26.2 Å². The van der Waals surface area contributed by atoms with E-state index in [1.807, 2.05) is 6.07 Å². The molecule has 0 bridgehead atoms. The summed E-state index contributed by atoms with van der Waals surface area (Å²) >= 11 is 6.55. The summed E-state index contributed by atoms with van der Waals surface area (Å²) in [6.45, 7) is 10.9. The number of ether oxygens (including phenoxy) is 1. The summed E-state index contributed by atoms with van der Waals surface area (Å²) in [5.41, 5.74) is 4.16. The number of fused-ring (bicyclic) bond motifs is 1. The number of halogens is 4.